The summed E-state index contributed by atoms with van der Waals surface area (Å²) in [6, 6.07) is 7.73. The number of imide groups is 2. The largest absolute Gasteiger partial charge is 0.493 e. The third-order valence-electron chi connectivity index (χ3n) is 5.93. The van der Waals surface area contributed by atoms with Crippen molar-refractivity contribution < 1.29 is 23.9 Å². The predicted octanol–water partition coefficient (Wildman–Crippen LogP) is 1.69. The van der Waals surface area contributed by atoms with Gasteiger partial charge in [-0.3, -0.25) is 24.4 Å². The summed E-state index contributed by atoms with van der Waals surface area (Å²) in [6.45, 7) is 0. The molecule has 162 valence electrons. The Kier molecular flexibility index (Phi) is 5.36. The monoisotopic (exact) mass is 424 g/mol. The zero-order valence-electron chi connectivity index (χ0n) is 17.8. The number of aromatic nitrogens is 1. The zero-order valence-corrected chi connectivity index (χ0v) is 17.8. The fourth-order valence-electron chi connectivity index (χ4n) is 4.26. The minimum Gasteiger partial charge on any atom is -0.493 e. The molecule has 2 aromatic rings. The number of benzene rings is 1. The van der Waals surface area contributed by atoms with Crippen LogP contribution in [0.25, 0.3) is 0 Å². The standard InChI is InChI=1S/C22H24N4O5/c1-25-20(27)18(21(28)26(2)22(25)29)19-13-11-17(31-4)16(30-3)10-12(13)9-15(24-19)14-7-5-6-8-23-14/h5-8,10-11,15,18-19,24H,9H2,1-4H3/t15-,19+/m0/s1. The molecule has 0 spiro atoms. The van der Waals surface area contributed by atoms with Crippen molar-refractivity contribution in [3.63, 3.8) is 0 Å². The fourth-order valence-corrected chi connectivity index (χ4v) is 4.26. The molecular weight excluding hydrogens is 400 g/mol. The van der Waals surface area contributed by atoms with Crippen LogP contribution < -0.4 is 14.8 Å². The van der Waals surface area contributed by atoms with Gasteiger partial charge in [-0.15, -0.1) is 0 Å². The van der Waals surface area contributed by atoms with Crippen LogP contribution in [0.2, 0.25) is 0 Å². The van der Waals surface area contributed by atoms with Crippen molar-refractivity contribution >= 4 is 17.8 Å². The molecule has 1 N–H and O–H groups in total. The van der Waals surface area contributed by atoms with E-state index in [0.717, 1.165) is 26.6 Å². The van der Waals surface area contributed by atoms with Crippen LogP contribution in [0, 0.1) is 5.92 Å². The summed E-state index contributed by atoms with van der Waals surface area (Å²) in [5.74, 6) is -1.14. The number of nitrogens with zero attached hydrogens (tertiary/aromatic N) is 3. The number of rotatable bonds is 4. The normalized spacial score (nSPS) is 21.9. The molecular formula is C22H24N4O5. The van der Waals surface area contributed by atoms with Gasteiger partial charge in [0.1, 0.15) is 5.92 Å². The Balaban J connectivity index is 1.85. The van der Waals surface area contributed by atoms with Crippen molar-refractivity contribution in [2.24, 2.45) is 5.92 Å². The van der Waals surface area contributed by atoms with Gasteiger partial charge in [0.25, 0.3) is 0 Å². The van der Waals surface area contributed by atoms with E-state index in [4.69, 9.17) is 9.47 Å². The molecule has 1 aromatic heterocycles. The van der Waals surface area contributed by atoms with Gasteiger partial charge in [-0.2, -0.15) is 0 Å². The van der Waals surface area contributed by atoms with Gasteiger partial charge < -0.3 is 14.8 Å². The summed E-state index contributed by atoms with van der Waals surface area (Å²) in [5, 5.41) is 3.44. The summed E-state index contributed by atoms with van der Waals surface area (Å²) in [6.07, 6.45) is 2.29. The van der Waals surface area contributed by atoms with Crippen molar-refractivity contribution in [1.82, 2.24) is 20.1 Å². The number of methoxy groups -OCH3 is 2. The first-order valence-electron chi connectivity index (χ1n) is 9.88. The first kappa shape index (κ1) is 20.8. The summed E-state index contributed by atoms with van der Waals surface area (Å²) in [4.78, 5) is 44.8. The maximum atomic E-state index is 13.1. The van der Waals surface area contributed by atoms with Gasteiger partial charge in [0.2, 0.25) is 11.8 Å². The first-order valence-corrected chi connectivity index (χ1v) is 9.88. The van der Waals surface area contributed by atoms with Crippen molar-refractivity contribution in [3.05, 3.63) is 53.3 Å². The van der Waals surface area contributed by atoms with Gasteiger partial charge in [0, 0.05) is 20.3 Å². The fraction of sp³-hybridized carbons (Fsp3) is 0.364. The van der Waals surface area contributed by atoms with E-state index in [1.165, 1.54) is 21.2 Å². The molecule has 0 aliphatic carbocycles. The van der Waals surface area contributed by atoms with E-state index in [1.807, 2.05) is 24.3 Å². The van der Waals surface area contributed by atoms with E-state index in [0.29, 0.717) is 17.9 Å². The maximum Gasteiger partial charge on any atom is 0.332 e. The van der Waals surface area contributed by atoms with E-state index in [-0.39, 0.29) is 6.04 Å². The molecule has 2 aliphatic rings. The van der Waals surface area contributed by atoms with Crippen LogP contribution in [0.5, 0.6) is 11.5 Å². The lowest BCUT2D eigenvalue weighted by molar-refractivity contribution is -0.149. The van der Waals surface area contributed by atoms with Crippen LogP contribution in [0.3, 0.4) is 0 Å². The lowest BCUT2D eigenvalue weighted by atomic mass is 9.80. The lowest BCUT2D eigenvalue weighted by Gasteiger charge is -2.41. The maximum absolute atomic E-state index is 13.1. The molecule has 0 unspecified atom stereocenters. The molecule has 1 aromatic carbocycles. The van der Waals surface area contributed by atoms with Crippen LogP contribution in [0.1, 0.15) is 28.9 Å². The number of nitrogens with one attached hydrogen (secondary N) is 1. The van der Waals surface area contributed by atoms with Gasteiger partial charge in [-0.25, -0.2) is 4.79 Å². The Bertz CT molecular complexity index is 1020. The third-order valence-corrected chi connectivity index (χ3v) is 5.93. The molecule has 1 fully saturated rings. The van der Waals surface area contributed by atoms with Crippen LogP contribution in [-0.2, 0) is 16.0 Å². The molecule has 1 saturated heterocycles. The highest BCUT2D eigenvalue weighted by atomic mass is 16.5. The van der Waals surface area contributed by atoms with Crippen LogP contribution in [0.4, 0.5) is 4.79 Å². The molecule has 9 nitrogen and oxygen atoms in total. The highest BCUT2D eigenvalue weighted by Gasteiger charge is 2.49. The van der Waals surface area contributed by atoms with E-state index >= 15 is 0 Å². The Labute approximate surface area is 179 Å². The molecule has 31 heavy (non-hydrogen) atoms. The van der Waals surface area contributed by atoms with Gasteiger partial charge in [0.15, 0.2) is 11.5 Å². The molecule has 0 radical (unpaired) electrons. The second kappa shape index (κ2) is 7.99. The number of amides is 4. The second-order valence-corrected chi connectivity index (χ2v) is 7.62. The minimum atomic E-state index is -1.10. The molecule has 2 aliphatic heterocycles. The Morgan fingerprint density at radius 1 is 1.00 bits per heavy atom. The topological polar surface area (TPSA) is 101 Å². The number of carbonyl (C=O) groups is 3. The Hall–Kier alpha value is -3.46. The number of pyridine rings is 1. The molecule has 4 rings (SSSR count). The number of hydrogen-bond donors (Lipinski definition) is 1. The van der Waals surface area contributed by atoms with Crippen molar-refractivity contribution in [3.8, 4) is 11.5 Å². The van der Waals surface area contributed by atoms with Crippen LogP contribution in [-0.4, -0.2) is 60.9 Å². The number of fused-ring (bicyclic) bond motifs is 1. The van der Waals surface area contributed by atoms with Gasteiger partial charge in [-0.05, 0) is 41.8 Å². The van der Waals surface area contributed by atoms with Crippen molar-refractivity contribution in [2.75, 3.05) is 28.3 Å². The molecule has 9 heteroatoms. The number of carbonyl (C=O) groups excluding carboxylic acids is 3. The van der Waals surface area contributed by atoms with E-state index in [2.05, 4.69) is 10.3 Å². The zero-order chi connectivity index (χ0) is 22.3. The number of hydrogen-bond acceptors (Lipinski definition) is 7. The van der Waals surface area contributed by atoms with Gasteiger partial charge in [0.05, 0.1) is 32.0 Å². The van der Waals surface area contributed by atoms with Crippen LogP contribution in [0.15, 0.2) is 36.5 Å². The molecule has 0 bridgehead atoms. The quantitative estimate of drug-likeness (QED) is 0.746. The summed E-state index contributed by atoms with van der Waals surface area (Å²) >= 11 is 0. The summed E-state index contributed by atoms with van der Waals surface area (Å²) in [5.41, 5.74) is 2.47. The third kappa shape index (κ3) is 3.40. The predicted molar refractivity (Wildman–Crippen MR) is 111 cm³/mol. The van der Waals surface area contributed by atoms with Gasteiger partial charge in [-0.1, -0.05) is 6.07 Å². The minimum absolute atomic E-state index is 0.231. The van der Waals surface area contributed by atoms with Crippen LogP contribution >= 0.6 is 0 Å². The molecule has 4 amide bonds. The SMILES string of the molecule is COc1cc2c(cc1OC)[C@H](C1C(=O)N(C)C(=O)N(C)C1=O)N[C@H](c1ccccn1)C2. The average molecular weight is 424 g/mol. The summed E-state index contributed by atoms with van der Waals surface area (Å²) < 4.78 is 10.9. The van der Waals surface area contributed by atoms with E-state index < -0.39 is 29.8 Å². The average Bonchev–Trinajstić information content (AvgIpc) is 2.81. The second-order valence-electron chi connectivity index (χ2n) is 7.62. The molecule has 0 saturated carbocycles. The number of urea groups is 1. The molecule has 3 heterocycles. The smallest absolute Gasteiger partial charge is 0.332 e. The van der Waals surface area contributed by atoms with Gasteiger partial charge >= 0.3 is 6.03 Å². The highest BCUT2D eigenvalue weighted by molar-refractivity contribution is 6.16. The first-order chi connectivity index (χ1) is 14.9. The van der Waals surface area contributed by atoms with Crippen molar-refractivity contribution in [2.45, 2.75) is 18.5 Å². The lowest BCUT2D eigenvalue weighted by Crippen LogP contribution is -2.60. The number of ether oxygens (including phenoxy) is 2. The molecule has 2 atom stereocenters. The van der Waals surface area contributed by atoms with E-state index in [9.17, 15) is 14.4 Å². The van der Waals surface area contributed by atoms with Crippen molar-refractivity contribution in [1.29, 1.82) is 0 Å². The summed E-state index contributed by atoms with van der Waals surface area (Å²) in [7, 11) is 5.86. The number of barbiturate groups is 1. The van der Waals surface area contributed by atoms with E-state index in [1.54, 1.807) is 19.4 Å². The highest BCUT2D eigenvalue weighted by Crippen LogP contribution is 2.42. The Morgan fingerprint density at radius 2 is 1.65 bits per heavy atom. The Morgan fingerprint density at radius 3 is 2.23 bits per heavy atom.